The van der Waals surface area contributed by atoms with E-state index < -0.39 is 41.0 Å². The smallest absolute Gasteiger partial charge is 0.417 e. The van der Waals surface area contributed by atoms with Crippen molar-refractivity contribution in [3.05, 3.63) is 35.1 Å². The second kappa shape index (κ2) is 4.87. The van der Waals surface area contributed by atoms with Crippen LogP contribution in [0.5, 0.6) is 0 Å². The van der Waals surface area contributed by atoms with E-state index in [-0.39, 0.29) is 0 Å². The van der Waals surface area contributed by atoms with Crippen LogP contribution in [0, 0.1) is 17.5 Å². The fraction of sp³-hybridized carbons (Fsp3) is 0.222. The second-order valence-corrected chi connectivity index (χ2v) is 3.37. The zero-order valence-corrected chi connectivity index (χ0v) is 8.70. The molecule has 1 aromatic rings. The van der Waals surface area contributed by atoms with Gasteiger partial charge in [-0.3, -0.25) is 0 Å². The summed E-state index contributed by atoms with van der Waals surface area (Å²) >= 11 is 4.29. The molecule has 0 spiro atoms. The Hall–Kier alpha value is -1.37. The zero-order chi connectivity index (χ0) is 13.2. The van der Waals surface area contributed by atoms with E-state index >= 15 is 0 Å². The van der Waals surface area contributed by atoms with Crippen LogP contribution in [0.25, 0.3) is 0 Å². The van der Waals surface area contributed by atoms with Crippen LogP contribution in [0.3, 0.4) is 0 Å². The third kappa shape index (κ3) is 3.29. The molecule has 0 aliphatic heterocycles. The lowest BCUT2D eigenvalue weighted by molar-refractivity contribution is -0.162. The maximum Gasteiger partial charge on any atom is 0.417 e. The lowest BCUT2D eigenvalue weighted by Crippen LogP contribution is -2.24. The van der Waals surface area contributed by atoms with Crippen molar-refractivity contribution < 1.29 is 31.5 Å². The van der Waals surface area contributed by atoms with E-state index in [4.69, 9.17) is 0 Å². The standard InChI is InChI=1S/C9H4ClF5O2/c10-9(14,15)8(16)17-3-4-5(11)1-2-6(12)7(4)13/h1-2H,3H2. The molecule has 0 saturated carbocycles. The minimum Gasteiger partial charge on any atom is -0.455 e. The van der Waals surface area contributed by atoms with Gasteiger partial charge in [-0.1, -0.05) is 0 Å². The molecule has 2 nitrogen and oxygen atoms in total. The number of ether oxygens (including phenoxy) is 1. The Morgan fingerprint density at radius 1 is 1.24 bits per heavy atom. The van der Waals surface area contributed by atoms with Crippen LogP contribution < -0.4 is 0 Å². The molecule has 0 aliphatic rings. The summed E-state index contributed by atoms with van der Waals surface area (Å²) in [5.74, 6) is -6.41. The third-order valence-corrected chi connectivity index (χ3v) is 1.87. The molecular formula is C9H4ClF5O2. The summed E-state index contributed by atoms with van der Waals surface area (Å²) in [7, 11) is 0. The molecule has 8 heteroatoms. The molecule has 17 heavy (non-hydrogen) atoms. The number of hydrogen-bond acceptors (Lipinski definition) is 2. The highest BCUT2D eigenvalue weighted by Crippen LogP contribution is 2.22. The number of esters is 1. The Morgan fingerprint density at radius 3 is 2.29 bits per heavy atom. The average Bonchev–Trinajstić information content (AvgIpc) is 2.22. The van der Waals surface area contributed by atoms with E-state index in [2.05, 4.69) is 16.3 Å². The molecular weight excluding hydrogens is 271 g/mol. The molecule has 0 atom stereocenters. The van der Waals surface area contributed by atoms with Gasteiger partial charge in [0, 0.05) is 0 Å². The summed E-state index contributed by atoms with van der Waals surface area (Å²) < 4.78 is 66.7. The first-order chi connectivity index (χ1) is 7.73. The fourth-order valence-corrected chi connectivity index (χ4v) is 0.975. The van der Waals surface area contributed by atoms with Crippen LogP contribution in [0.15, 0.2) is 12.1 Å². The van der Waals surface area contributed by atoms with Gasteiger partial charge in [-0.2, -0.15) is 8.78 Å². The van der Waals surface area contributed by atoms with Gasteiger partial charge < -0.3 is 4.74 Å². The van der Waals surface area contributed by atoms with E-state index in [1.807, 2.05) is 0 Å². The number of rotatable bonds is 3. The number of hydrogen-bond donors (Lipinski definition) is 0. The lowest BCUT2D eigenvalue weighted by Gasteiger charge is -2.09. The van der Waals surface area contributed by atoms with Crippen LogP contribution in [0.4, 0.5) is 22.0 Å². The second-order valence-electron chi connectivity index (χ2n) is 2.90. The summed E-state index contributed by atoms with van der Waals surface area (Å²) in [6.45, 7) is -1.18. The Balaban J connectivity index is 2.84. The monoisotopic (exact) mass is 274 g/mol. The topological polar surface area (TPSA) is 26.3 Å². The molecule has 0 aromatic heterocycles. The van der Waals surface area contributed by atoms with E-state index in [0.717, 1.165) is 0 Å². The first kappa shape index (κ1) is 13.7. The summed E-state index contributed by atoms with van der Waals surface area (Å²) in [5, 5.41) is -4.31. The summed E-state index contributed by atoms with van der Waals surface area (Å²) in [6.07, 6.45) is 0. The Morgan fingerprint density at radius 2 is 1.76 bits per heavy atom. The predicted molar refractivity (Wildman–Crippen MR) is 46.9 cm³/mol. The molecule has 0 radical (unpaired) electrons. The van der Waals surface area contributed by atoms with Crippen molar-refractivity contribution in [1.29, 1.82) is 0 Å². The van der Waals surface area contributed by atoms with Gasteiger partial charge >= 0.3 is 11.4 Å². The summed E-state index contributed by atoms with van der Waals surface area (Å²) in [4.78, 5) is 10.5. The first-order valence-electron chi connectivity index (χ1n) is 4.10. The molecule has 0 bridgehead atoms. The number of carbonyl (C=O) groups excluding carboxylic acids is 1. The largest absolute Gasteiger partial charge is 0.455 e. The fourth-order valence-electron chi connectivity index (χ4n) is 0.921. The minimum absolute atomic E-state index is 0.506. The van der Waals surface area contributed by atoms with Crippen molar-refractivity contribution in [2.24, 2.45) is 0 Å². The molecule has 0 N–H and O–H groups in total. The third-order valence-electron chi connectivity index (χ3n) is 1.72. The van der Waals surface area contributed by atoms with E-state index in [0.29, 0.717) is 12.1 Å². The summed E-state index contributed by atoms with van der Waals surface area (Å²) in [5.41, 5.74) is -0.973. The number of alkyl halides is 3. The SMILES string of the molecule is O=C(OCc1c(F)ccc(F)c1F)C(F)(F)Cl. The van der Waals surface area contributed by atoms with Gasteiger partial charge in [-0.25, -0.2) is 18.0 Å². The summed E-state index contributed by atoms with van der Waals surface area (Å²) in [6, 6.07) is 1.08. The van der Waals surface area contributed by atoms with Gasteiger partial charge in [-0.05, 0) is 23.7 Å². The van der Waals surface area contributed by atoms with Gasteiger partial charge in [-0.15, -0.1) is 0 Å². The molecule has 0 saturated heterocycles. The van der Waals surface area contributed by atoms with E-state index in [1.54, 1.807) is 0 Å². The molecule has 0 heterocycles. The maximum absolute atomic E-state index is 13.0. The normalized spacial score (nSPS) is 11.4. The van der Waals surface area contributed by atoms with Crippen molar-refractivity contribution in [2.75, 3.05) is 0 Å². The number of carbonyl (C=O) groups is 1. The molecule has 1 rings (SSSR count). The highest BCUT2D eigenvalue weighted by atomic mass is 35.5. The Bertz CT molecular complexity index is 444. The molecule has 94 valence electrons. The molecule has 0 unspecified atom stereocenters. The van der Waals surface area contributed by atoms with E-state index in [1.165, 1.54) is 0 Å². The van der Waals surface area contributed by atoms with Gasteiger partial charge in [0.1, 0.15) is 12.4 Å². The van der Waals surface area contributed by atoms with Gasteiger partial charge in [0.2, 0.25) is 0 Å². The molecule has 1 aromatic carbocycles. The quantitative estimate of drug-likeness (QED) is 0.367. The molecule has 0 aliphatic carbocycles. The lowest BCUT2D eigenvalue weighted by atomic mass is 10.2. The van der Waals surface area contributed by atoms with Crippen molar-refractivity contribution in [2.45, 2.75) is 12.0 Å². The number of benzene rings is 1. The van der Waals surface area contributed by atoms with Crippen molar-refractivity contribution >= 4 is 17.6 Å². The predicted octanol–water partition coefficient (Wildman–Crippen LogP) is 2.98. The van der Waals surface area contributed by atoms with Crippen LogP contribution in [0.1, 0.15) is 5.56 Å². The van der Waals surface area contributed by atoms with Crippen molar-refractivity contribution in [1.82, 2.24) is 0 Å². The van der Waals surface area contributed by atoms with E-state index in [9.17, 15) is 26.7 Å². The number of halogens is 6. The maximum atomic E-state index is 13.0. The van der Waals surface area contributed by atoms with Crippen LogP contribution in [-0.2, 0) is 16.1 Å². The Kier molecular flexibility index (Phi) is 3.92. The zero-order valence-electron chi connectivity index (χ0n) is 7.95. The average molecular weight is 275 g/mol. The minimum atomic E-state index is -4.31. The van der Waals surface area contributed by atoms with Crippen LogP contribution >= 0.6 is 11.6 Å². The van der Waals surface area contributed by atoms with Crippen molar-refractivity contribution in [3.8, 4) is 0 Å². The molecule has 0 amide bonds. The van der Waals surface area contributed by atoms with Gasteiger partial charge in [0.25, 0.3) is 0 Å². The highest BCUT2D eigenvalue weighted by molar-refractivity contribution is 6.31. The van der Waals surface area contributed by atoms with Crippen LogP contribution in [-0.4, -0.2) is 11.4 Å². The van der Waals surface area contributed by atoms with Gasteiger partial charge in [0.15, 0.2) is 11.6 Å². The van der Waals surface area contributed by atoms with Crippen LogP contribution in [0.2, 0.25) is 0 Å². The first-order valence-corrected chi connectivity index (χ1v) is 4.47. The van der Waals surface area contributed by atoms with Crippen molar-refractivity contribution in [3.63, 3.8) is 0 Å². The van der Waals surface area contributed by atoms with Gasteiger partial charge in [0.05, 0.1) is 5.56 Å². The Labute approximate surface area is 96.9 Å². The highest BCUT2D eigenvalue weighted by Gasteiger charge is 2.38. The molecule has 0 fully saturated rings.